The predicted molar refractivity (Wildman–Crippen MR) is 169 cm³/mol. The van der Waals surface area contributed by atoms with Crippen LogP contribution in [-0.4, -0.2) is 64.2 Å². The molecule has 2 atom stereocenters. The lowest BCUT2D eigenvalue weighted by Crippen LogP contribution is -2.39. The minimum atomic E-state index is -5.05. The molecule has 1 unspecified atom stereocenters. The van der Waals surface area contributed by atoms with Crippen LogP contribution in [-0.2, 0) is 23.6 Å². The number of methoxy groups -OCH3 is 1. The van der Waals surface area contributed by atoms with Gasteiger partial charge in [-0.05, 0) is 84.5 Å². The number of aromatic carboxylic acids is 1. The van der Waals surface area contributed by atoms with Crippen molar-refractivity contribution in [2.45, 2.75) is 56.7 Å². The number of aliphatic hydroxyl groups excluding tert-OH is 1. The average molecular weight is 703 g/mol. The molecule has 3 aromatic carbocycles. The Morgan fingerprint density at radius 2 is 1.64 bits per heavy atom. The van der Waals surface area contributed by atoms with Gasteiger partial charge < -0.3 is 24.6 Å². The number of carboxylic acids is 1. The minimum absolute atomic E-state index is 0.0612. The van der Waals surface area contributed by atoms with Gasteiger partial charge in [0.2, 0.25) is 12.4 Å². The molecule has 1 aliphatic carbocycles. The van der Waals surface area contributed by atoms with E-state index in [2.05, 4.69) is 4.98 Å². The number of ether oxygens (including phenoxy) is 2. The molecule has 0 amide bonds. The zero-order chi connectivity index (χ0) is 36.3. The summed E-state index contributed by atoms with van der Waals surface area (Å²) in [5.41, 5.74) is -0.646. The summed E-state index contributed by atoms with van der Waals surface area (Å²) in [6, 6.07) is 11.5. The van der Waals surface area contributed by atoms with Gasteiger partial charge in [0.15, 0.2) is 0 Å². The van der Waals surface area contributed by atoms with E-state index in [1.165, 1.54) is 18.1 Å². The number of alkyl halides is 6. The van der Waals surface area contributed by atoms with E-state index in [-0.39, 0.29) is 23.7 Å². The van der Waals surface area contributed by atoms with E-state index in [4.69, 9.17) is 14.5 Å². The van der Waals surface area contributed by atoms with E-state index in [0.717, 1.165) is 11.1 Å². The van der Waals surface area contributed by atoms with Crippen molar-refractivity contribution in [2.24, 2.45) is 0 Å². The fourth-order valence-electron chi connectivity index (χ4n) is 6.46. The summed E-state index contributed by atoms with van der Waals surface area (Å²) in [4.78, 5) is 23.9. The number of benzene rings is 3. The number of carbonyl (C=O) groups is 1. The van der Waals surface area contributed by atoms with E-state index in [9.17, 15) is 41.4 Å². The molecule has 6 rings (SSSR count). The van der Waals surface area contributed by atoms with Crippen LogP contribution >= 0.6 is 0 Å². The summed E-state index contributed by atoms with van der Waals surface area (Å²) in [6.07, 6.45) is -10.8. The largest absolute Gasteiger partial charge is 0.496 e. The van der Waals surface area contributed by atoms with Gasteiger partial charge in [-0.2, -0.15) is 26.3 Å². The van der Waals surface area contributed by atoms with Crippen LogP contribution in [0.1, 0.15) is 57.3 Å². The average Bonchev–Trinajstić information content (AvgIpc) is 3.80. The number of carboxylic acid groups (broad SMARTS) is 1. The van der Waals surface area contributed by atoms with Gasteiger partial charge in [-0.3, -0.25) is 0 Å². The van der Waals surface area contributed by atoms with Crippen molar-refractivity contribution < 1.29 is 50.8 Å². The highest BCUT2D eigenvalue weighted by Crippen LogP contribution is 2.59. The van der Waals surface area contributed by atoms with Crippen LogP contribution in [0.3, 0.4) is 0 Å². The highest BCUT2D eigenvalue weighted by molar-refractivity contribution is 5.89. The maximum absolute atomic E-state index is 13.7. The maximum atomic E-state index is 13.7. The van der Waals surface area contributed by atoms with Gasteiger partial charge in [-0.1, -0.05) is 12.1 Å². The van der Waals surface area contributed by atoms with Gasteiger partial charge in [-0.15, -0.1) is 0 Å². The van der Waals surface area contributed by atoms with Crippen molar-refractivity contribution >= 4 is 11.9 Å². The van der Waals surface area contributed by atoms with Gasteiger partial charge in [0.25, 0.3) is 0 Å². The van der Waals surface area contributed by atoms with Gasteiger partial charge in [0.1, 0.15) is 11.9 Å². The Hall–Kier alpha value is -4.73. The zero-order valence-corrected chi connectivity index (χ0v) is 27.2. The summed E-state index contributed by atoms with van der Waals surface area (Å²) in [5.74, 6) is -0.310. The topological polar surface area (TPSA) is 108 Å². The van der Waals surface area contributed by atoms with E-state index < -0.39 is 47.5 Å². The Kier molecular flexibility index (Phi) is 8.81. The number of aliphatic hydroxyl groups is 1. The molecular formula is C35H32F6N4O5. The van der Waals surface area contributed by atoms with Crippen LogP contribution in [0.5, 0.6) is 5.75 Å². The van der Waals surface area contributed by atoms with Gasteiger partial charge in [0, 0.05) is 38.0 Å². The summed E-state index contributed by atoms with van der Waals surface area (Å²) in [6.45, 7) is 1.68. The lowest BCUT2D eigenvalue weighted by Gasteiger charge is -2.28. The van der Waals surface area contributed by atoms with Crippen LogP contribution < -0.4 is 9.64 Å². The van der Waals surface area contributed by atoms with Crippen molar-refractivity contribution in [3.63, 3.8) is 0 Å². The van der Waals surface area contributed by atoms with Crippen molar-refractivity contribution in [1.82, 2.24) is 14.9 Å². The Balaban J connectivity index is 1.43. The lowest BCUT2D eigenvalue weighted by atomic mass is 9.93. The van der Waals surface area contributed by atoms with Crippen molar-refractivity contribution in [2.75, 3.05) is 26.1 Å². The van der Waals surface area contributed by atoms with Crippen LogP contribution in [0.2, 0.25) is 0 Å². The smallest absolute Gasteiger partial charge is 0.416 e. The molecule has 2 fully saturated rings. The number of rotatable bonds is 8. The lowest BCUT2D eigenvalue weighted by molar-refractivity contribution is -0.154. The predicted octanol–water partition coefficient (Wildman–Crippen LogP) is 7.31. The number of nitrogens with zero attached hydrogens (tertiary/aromatic N) is 4. The van der Waals surface area contributed by atoms with Crippen LogP contribution in [0, 0.1) is 6.92 Å². The SMILES string of the molecule is COc1ccc(-c2ccc(C(=O)O)cc2C)cc1-c1cnc(N(C)C)nc1CN1C(O)O[C@H](c2cc(C(F)(F)F)cc(C(F)(F)F)c2)C12CC2. The summed E-state index contributed by atoms with van der Waals surface area (Å²) >= 11 is 0. The van der Waals surface area contributed by atoms with Crippen molar-refractivity contribution in [1.29, 1.82) is 0 Å². The van der Waals surface area contributed by atoms with Crippen LogP contribution in [0.4, 0.5) is 32.3 Å². The van der Waals surface area contributed by atoms with Gasteiger partial charge in [0.05, 0.1) is 35.0 Å². The summed E-state index contributed by atoms with van der Waals surface area (Å²) in [7, 11) is 4.93. The molecule has 264 valence electrons. The fourth-order valence-corrected chi connectivity index (χ4v) is 6.46. The summed E-state index contributed by atoms with van der Waals surface area (Å²) in [5, 5.41) is 20.6. The molecule has 1 saturated carbocycles. The molecule has 2 heterocycles. The first kappa shape index (κ1) is 35.1. The molecule has 4 aromatic rings. The third kappa shape index (κ3) is 6.48. The zero-order valence-electron chi connectivity index (χ0n) is 27.2. The first-order chi connectivity index (χ1) is 23.4. The first-order valence-electron chi connectivity index (χ1n) is 15.4. The Morgan fingerprint density at radius 3 is 2.18 bits per heavy atom. The number of anilines is 1. The molecule has 1 aliphatic heterocycles. The molecule has 1 aromatic heterocycles. The molecule has 2 aliphatic rings. The van der Waals surface area contributed by atoms with E-state index >= 15 is 0 Å². The van der Waals surface area contributed by atoms with Gasteiger partial charge >= 0.3 is 18.3 Å². The fraction of sp³-hybridized carbons (Fsp3) is 0.343. The molecule has 50 heavy (non-hydrogen) atoms. The third-order valence-corrected chi connectivity index (χ3v) is 9.11. The standard InChI is InChI=1S/C35H32F6N4O5/c1-18-11-20(30(46)47)5-7-24(18)19-6-8-28(49-4)25(14-19)26-16-42-31(44(2)3)43-27(26)17-45-32(48)50-29(33(45)9-10-33)21-12-22(34(36,37)38)15-23(13-21)35(39,40)41/h5-8,11-16,29,32,48H,9-10,17H2,1-4H3,(H,46,47)/t29-,32?/m1/s1. The van der Waals surface area contributed by atoms with E-state index in [1.54, 1.807) is 50.3 Å². The number of aromatic nitrogens is 2. The van der Waals surface area contributed by atoms with Gasteiger partial charge in [-0.25, -0.2) is 19.7 Å². The highest BCUT2D eigenvalue weighted by Gasteiger charge is 2.63. The van der Waals surface area contributed by atoms with Crippen LogP contribution in [0.15, 0.2) is 60.8 Å². The Morgan fingerprint density at radius 1 is 0.980 bits per heavy atom. The first-order valence-corrected chi connectivity index (χ1v) is 15.4. The maximum Gasteiger partial charge on any atom is 0.416 e. The third-order valence-electron chi connectivity index (χ3n) is 9.11. The molecule has 9 nitrogen and oxygen atoms in total. The summed E-state index contributed by atoms with van der Waals surface area (Å²) < 4.78 is 93.8. The molecule has 1 saturated heterocycles. The number of aryl methyl sites for hydroxylation is 1. The molecule has 1 spiro atoms. The van der Waals surface area contributed by atoms with Crippen molar-refractivity contribution in [3.8, 4) is 28.0 Å². The normalized spacial score (nSPS) is 18.8. The second-order valence-electron chi connectivity index (χ2n) is 12.6. The number of hydrogen-bond donors (Lipinski definition) is 2. The quantitative estimate of drug-likeness (QED) is 0.183. The highest BCUT2D eigenvalue weighted by atomic mass is 19.4. The molecule has 2 N–H and O–H groups in total. The Labute approximate surface area is 282 Å². The molecule has 15 heteroatoms. The van der Waals surface area contributed by atoms with E-state index in [1.807, 2.05) is 12.1 Å². The molecule has 0 bridgehead atoms. The Bertz CT molecular complexity index is 1930. The van der Waals surface area contributed by atoms with E-state index in [0.29, 0.717) is 59.1 Å². The second-order valence-corrected chi connectivity index (χ2v) is 12.6. The molecular weight excluding hydrogens is 670 g/mol. The van der Waals surface area contributed by atoms with Crippen molar-refractivity contribution in [3.05, 3.63) is 94.3 Å². The number of halogens is 6. The van der Waals surface area contributed by atoms with Crippen LogP contribution in [0.25, 0.3) is 22.3 Å². The number of hydrogen-bond acceptors (Lipinski definition) is 8. The minimum Gasteiger partial charge on any atom is -0.496 e. The monoisotopic (exact) mass is 702 g/mol. The molecule has 0 radical (unpaired) electrons. The second kappa shape index (κ2) is 12.5.